The number of hydrogen-bond acceptors (Lipinski definition) is 5. The minimum absolute atomic E-state index is 0.148. The zero-order valence-electron chi connectivity index (χ0n) is 16.8. The number of fused-ring (bicyclic) bond motifs is 1. The van der Waals surface area contributed by atoms with Crippen molar-refractivity contribution in [3.05, 3.63) is 53.1 Å². The van der Waals surface area contributed by atoms with Gasteiger partial charge in [0.05, 0.1) is 30.5 Å². The highest BCUT2D eigenvalue weighted by molar-refractivity contribution is 6.34. The van der Waals surface area contributed by atoms with Crippen molar-refractivity contribution in [2.75, 3.05) is 25.2 Å². The van der Waals surface area contributed by atoms with Gasteiger partial charge in [0.25, 0.3) is 11.8 Å². The molecule has 152 valence electrons. The number of imide groups is 1. The highest BCUT2D eigenvalue weighted by Crippen LogP contribution is 2.39. The van der Waals surface area contributed by atoms with Crippen molar-refractivity contribution >= 4 is 23.4 Å². The number of hydrogen-bond donors (Lipinski definition) is 1. The first kappa shape index (κ1) is 20.4. The Hall–Kier alpha value is -3.35. The van der Waals surface area contributed by atoms with Crippen molar-refractivity contribution in [3.8, 4) is 11.5 Å². The number of nitrogens with zero attached hydrogens (tertiary/aromatic N) is 1. The first-order valence-electron chi connectivity index (χ1n) is 9.53. The normalized spacial score (nSPS) is 12.7. The number of benzene rings is 2. The largest absolute Gasteiger partial charge is 0.493 e. The maximum absolute atomic E-state index is 13.0. The fourth-order valence-corrected chi connectivity index (χ4v) is 3.34. The van der Waals surface area contributed by atoms with Crippen LogP contribution in [0.1, 0.15) is 46.5 Å². The van der Waals surface area contributed by atoms with E-state index in [0.717, 1.165) is 12.0 Å². The van der Waals surface area contributed by atoms with Gasteiger partial charge in [0.15, 0.2) is 11.5 Å². The molecule has 7 nitrogen and oxygen atoms in total. The topological polar surface area (TPSA) is 84.9 Å². The van der Waals surface area contributed by atoms with Crippen LogP contribution in [0.3, 0.4) is 0 Å². The second kappa shape index (κ2) is 8.77. The predicted molar refractivity (Wildman–Crippen MR) is 109 cm³/mol. The second-order valence-electron chi connectivity index (χ2n) is 6.70. The molecule has 3 rings (SSSR count). The summed E-state index contributed by atoms with van der Waals surface area (Å²) in [6.45, 7) is 4.01. The van der Waals surface area contributed by atoms with Crippen LogP contribution in [0.15, 0.2) is 36.4 Å². The van der Waals surface area contributed by atoms with Crippen LogP contribution in [-0.4, -0.2) is 38.0 Å². The van der Waals surface area contributed by atoms with Gasteiger partial charge in [-0.25, -0.2) is 4.90 Å². The lowest BCUT2D eigenvalue weighted by Gasteiger charge is -2.21. The number of aryl methyl sites for hydroxylation is 1. The van der Waals surface area contributed by atoms with Gasteiger partial charge in [-0.2, -0.15) is 0 Å². The average Bonchev–Trinajstić information content (AvgIpc) is 2.96. The summed E-state index contributed by atoms with van der Waals surface area (Å²) in [5.41, 5.74) is 2.11. The lowest BCUT2D eigenvalue weighted by atomic mass is 10.1. The summed E-state index contributed by atoms with van der Waals surface area (Å²) in [5.74, 6) is 0.0705. The molecule has 0 radical (unpaired) electrons. The third kappa shape index (κ3) is 4.08. The molecule has 1 aliphatic heterocycles. The maximum atomic E-state index is 13.0. The molecule has 0 atom stereocenters. The van der Waals surface area contributed by atoms with Crippen molar-refractivity contribution in [1.82, 2.24) is 5.32 Å². The Morgan fingerprint density at radius 2 is 1.72 bits per heavy atom. The molecule has 0 aliphatic carbocycles. The molecule has 3 amide bonds. The van der Waals surface area contributed by atoms with E-state index in [0.29, 0.717) is 41.3 Å². The molecule has 1 heterocycles. The molecule has 1 N–H and O–H groups in total. The molecule has 0 fully saturated rings. The zero-order chi connectivity index (χ0) is 21.0. The monoisotopic (exact) mass is 396 g/mol. The summed E-state index contributed by atoms with van der Waals surface area (Å²) in [5, 5.41) is 2.66. The van der Waals surface area contributed by atoms with Crippen molar-refractivity contribution in [3.63, 3.8) is 0 Å². The molecular weight excluding hydrogens is 372 g/mol. The molecule has 0 bridgehead atoms. The molecule has 0 saturated carbocycles. The molecule has 2 aromatic rings. The van der Waals surface area contributed by atoms with Crippen LogP contribution in [0.25, 0.3) is 0 Å². The average molecular weight is 396 g/mol. The van der Waals surface area contributed by atoms with E-state index in [1.165, 1.54) is 18.9 Å². The molecule has 0 aromatic heterocycles. The fraction of sp³-hybridized carbons (Fsp3) is 0.318. The third-order valence-electron chi connectivity index (χ3n) is 4.65. The summed E-state index contributed by atoms with van der Waals surface area (Å²) in [4.78, 5) is 38.1. The van der Waals surface area contributed by atoms with E-state index < -0.39 is 0 Å². The van der Waals surface area contributed by atoms with Crippen molar-refractivity contribution in [1.29, 1.82) is 0 Å². The van der Waals surface area contributed by atoms with Gasteiger partial charge in [-0.3, -0.25) is 14.4 Å². The lowest BCUT2D eigenvalue weighted by Crippen LogP contribution is -2.30. The van der Waals surface area contributed by atoms with Crippen LogP contribution in [0.5, 0.6) is 11.5 Å². The standard InChI is InChI=1S/C22H24N2O5/c1-4-7-15-12-19(28-3)20(29-11-10-23-14(2)25)13-18(15)24-21(26)16-8-5-6-9-17(16)22(24)27/h5-6,8-9,12-13H,4,7,10-11H2,1-3H3,(H,23,25). The van der Waals surface area contributed by atoms with Crippen molar-refractivity contribution in [2.24, 2.45) is 0 Å². The zero-order valence-corrected chi connectivity index (χ0v) is 16.8. The fourth-order valence-electron chi connectivity index (χ4n) is 3.34. The van der Waals surface area contributed by atoms with Crippen molar-refractivity contribution in [2.45, 2.75) is 26.7 Å². The Bertz CT molecular complexity index is 919. The third-order valence-corrected chi connectivity index (χ3v) is 4.65. The smallest absolute Gasteiger partial charge is 0.266 e. The predicted octanol–water partition coefficient (Wildman–Crippen LogP) is 2.96. The molecule has 0 spiro atoms. The highest BCUT2D eigenvalue weighted by Gasteiger charge is 2.37. The van der Waals surface area contributed by atoms with E-state index in [2.05, 4.69) is 5.32 Å². The summed E-state index contributed by atoms with van der Waals surface area (Å²) in [6.07, 6.45) is 1.51. The number of methoxy groups -OCH3 is 1. The lowest BCUT2D eigenvalue weighted by molar-refractivity contribution is -0.119. The Labute approximate surface area is 169 Å². The van der Waals surface area contributed by atoms with Gasteiger partial charge in [0.2, 0.25) is 5.91 Å². The number of anilines is 1. The van der Waals surface area contributed by atoms with Crippen LogP contribution in [-0.2, 0) is 11.2 Å². The van der Waals surface area contributed by atoms with Gasteiger partial charge in [-0.15, -0.1) is 0 Å². The Morgan fingerprint density at radius 1 is 1.07 bits per heavy atom. The molecule has 7 heteroatoms. The first-order valence-corrected chi connectivity index (χ1v) is 9.53. The number of amides is 3. The number of nitrogens with one attached hydrogen (secondary N) is 1. The van der Waals surface area contributed by atoms with E-state index in [-0.39, 0.29) is 24.3 Å². The Morgan fingerprint density at radius 3 is 2.28 bits per heavy atom. The molecule has 2 aromatic carbocycles. The summed E-state index contributed by atoms with van der Waals surface area (Å²) in [6, 6.07) is 10.3. The van der Waals surface area contributed by atoms with E-state index in [1.807, 2.05) is 6.92 Å². The van der Waals surface area contributed by atoms with Gasteiger partial charge in [0.1, 0.15) is 6.61 Å². The van der Waals surface area contributed by atoms with E-state index in [1.54, 1.807) is 36.4 Å². The summed E-state index contributed by atoms with van der Waals surface area (Å²) >= 11 is 0. The maximum Gasteiger partial charge on any atom is 0.266 e. The van der Waals surface area contributed by atoms with Crippen LogP contribution < -0.4 is 19.7 Å². The Kier molecular flexibility index (Phi) is 6.16. The molecule has 29 heavy (non-hydrogen) atoms. The van der Waals surface area contributed by atoms with Crippen LogP contribution in [0.2, 0.25) is 0 Å². The van der Waals surface area contributed by atoms with Gasteiger partial charge in [0, 0.05) is 13.0 Å². The minimum atomic E-state index is -0.350. The van der Waals surface area contributed by atoms with Gasteiger partial charge in [-0.05, 0) is 30.2 Å². The highest BCUT2D eigenvalue weighted by atomic mass is 16.5. The van der Waals surface area contributed by atoms with Crippen LogP contribution in [0.4, 0.5) is 5.69 Å². The number of rotatable bonds is 8. The minimum Gasteiger partial charge on any atom is -0.493 e. The first-order chi connectivity index (χ1) is 14.0. The SMILES string of the molecule is CCCc1cc(OC)c(OCCNC(C)=O)cc1N1C(=O)c2ccccc2C1=O. The number of carbonyl (C=O) groups excluding carboxylic acids is 3. The Balaban J connectivity index is 1.98. The molecule has 0 unspecified atom stereocenters. The quantitative estimate of drug-likeness (QED) is 0.548. The number of ether oxygens (including phenoxy) is 2. The van der Waals surface area contributed by atoms with E-state index >= 15 is 0 Å². The van der Waals surface area contributed by atoms with Crippen LogP contribution in [0, 0.1) is 0 Å². The van der Waals surface area contributed by atoms with Gasteiger partial charge >= 0.3 is 0 Å². The molecule has 1 aliphatic rings. The summed E-state index contributed by atoms with van der Waals surface area (Å²) in [7, 11) is 1.54. The van der Waals surface area contributed by atoms with E-state index in [4.69, 9.17) is 9.47 Å². The van der Waals surface area contributed by atoms with Crippen LogP contribution >= 0.6 is 0 Å². The second-order valence-corrected chi connectivity index (χ2v) is 6.70. The van der Waals surface area contributed by atoms with Gasteiger partial charge in [-0.1, -0.05) is 25.5 Å². The van der Waals surface area contributed by atoms with Gasteiger partial charge < -0.3 is 14.8 Å². The van der Waals surface area contributed by atoms with Crippen molar-refractivity contribution < 1.29 is 23.9 Å². The number of carbonyl (C=O) groups is 3. The molecule has 0 saturated heterocycles. The summed E-state index contributed by atoms with van der Waals surface area (Å²) < 4.78 is 11.2. The molecular formula is C22H24N2O5. The van der Waals surface area contributed by atoms with E-state index in [9.17, 15) is 14.4 Å².